The summed E-state index contributed by atoms with van der Waals surface area (Å²) in [5.41, 5.74) is 2.23. The maximum atomic E-state index is 12.8. The zero-order valence-electron chi connectivity index (χ0n) is 16.4. The predicted molar refractivity (Wildman–Crippen MR) is 114 cm³/mol. The summed E-state index contributed by atoms with van der Waals surface area (Å²) in [5, 5.41) is 3.59. The average Bonchev–Trinajstić information content (AvgIpc) is 3.13. The molecule has 0 aliphatic heterocycles. The number of carbonyl (C=O) groups is 1. The molecular formula is C22H25N3O2S. The summed E-state index contributed by atoms with van der Waals surface area (Å²) >= 11 is 1.49. The van der Waals surface area contributed by atoms with Crippen molar-refractivity contribution in [3.05, 3.63) is 76.8 Å². The summed E-state index contributed by atoms with van der Waals surface area (Å²) in [6.45, 7) is 0. The molecule has 1 unspecified atom stereocenters. The Morgan fingerprint density at radius 2 is 1.86 bits per heavy atom. The van der Waals surface area contributed by atoms with Crippen molar-refractivity contribution in [2.24, 2.45) is 0 Å². The van der Waals surface area contributed by atoms with Gasteiger partial charge in [-0.3, -0.25) is 9.69 Å². The number of hydrogen-bond acceptors (Lipinski definition) is 5. The van der Waals surface area contributed by atoms with Gasteiger partial charge in [-0.25, -0.2) is 4.98 Å². The minimum Gasteiger partial charge on any atom is -0.496 e. The van der Waals surface area contributed by atoms with E-state index in [1.54, 1.807) is 7.11 Å². The van der Waals surface area contributed by atoms with Crippen LogP contribution in [0.1, 0.15) is 16.0 Å². The number of thiazole rings is 1. The van der Waals surface area contributed by atoms with Gasteiger partial charge in [0.25, 0.3) is 0 Å². The van der Waals surface area contributed by atoms with Crippen molar-refractivity contribution in [1.82, 2.24) is 9.88 Å². The molecule has 0 spiro atoms. The first kappa shape index (κ1) is 20.0. The van der Waals surface area contributed by atoms with Gasteiger partial charge in [0, 0.05) is 17.5 Å². The Labute approximate surface area is 170 Å². The van der Waals surface area contributed by atoms with Crippen LogP contribution in [0.2, 0.25) is 0 Å². The molecule has 1 heterocycles. The van der Waals surface area contributed by atoms with Gasteiger partial charge in [-0.1, -0.05) is 48.5 Å². The molecule has 1 N–H and O–H groups in total. The first-order valence-electron chi connectivity index (χ1n) is 9.14. The fraction of sp³-hybridized carbons (Fsp3) is 0.273. The largest absolute Gasteiger partial charge is 0.496 e. The van der Waals surface area contributed by atoms with E-state index in [4.69, 9.17) is 4.74 Å². The molecule has 1 aromatic heterocycles. The molecule has 0 fully saturated rings. The SMILES string of the molecule is COc1ccccc1Cc1cnc(NC(=O)C(Cc2ccccc2)N(C)C)s1. The number of carbonyl (C=O) groups excluding carboxylic acids is 1. The van der Waals surface area contributed by atoms with Crippen molar-refractivity contribution in [3.8, 4) is 5.75 Å². The lowest BCUT2D eigenvalue weighted by atomic mass is 10.0. The number of nitrogens with zero attached hydrogens (tertiary/aromatic N) is 2. The summed E-state index contributed by atoms with van der Waals surface area (Å²) in [6, 6.07) is 17.7. The van der Waals surface area contributed by atoms with Crippen molar-refractivity contribution < 1.29 is 9.53 Å². The number of likely N-dealkylation sites (N-methyl/N-ethyl adjacent to an activating group) is 1. The quantitative estimate of drug-likeness (QED) is 0.629. The number of anilines is 1. The van der Waals surface area contributed by atoms with E-state index in [0.29, 0.717) is 11.6 Å². The van der Waals surface area contributed by atoms with Crippen LogP contribution in [0, 0.1) is 0 Å². The number of methoxy groups -OCH3 is 1. The van der Waals surface area contributed by atoms with E-state index in [9.17, 15) is 4.79 Å². The van der Waals surface area contributed by atoms with E-state index >= 15 is 0 Å². The van der Waals surface area contributed by atoms with Gasteiger partial charge in [0.15, 0.2) is 5.13 Å². The first-order chi connectivity index (χ1) is 13.6. The number of ether oxygens (including phenoxy) is 1. The maximum absolute atomic E-state index is 12.8. The van der Waals surface area contributed by atoms with Gasteiger partial charge in [0.05, 0.1) is 13.2 Å². The fourth-order valence-corrected chi connectivity index (χ4v) is 3.86. The van der Waals surface area contributed by atoms with Crippen LogP contribution in [-0.4, -0.2) is 43.0 Å². The standard InChI is InChI=1S/C22H25N3O2S/c1-25(2)19(13-16-9-5-4-6-10-16)21(26)24-22-23-15-18(28-22)14-17-11-7-8-12-20(17)27-3/h4-12,15,19H,13-14H2,1-3H3,(H,23,24,26). The molecule has 0 saturated carbocycles. The van der Waals surface area contributed by atoms with Crippen LogP contribution in [0.4, 0.5) is 5.13 Å². The van der Waals surface area contributed by atoms with E-state index in [1.165, 1.54) is 11.3 Å². The molecular weight excluding hydrogens is 370 g/mol. The van der Waals surface area contributed by atoms with Crippen LogP contribution in [0.15, 0.2) is 60.8 Å². The monoisotopic (exact) mass is 395 g/mol. The number of aromatic nitrogens is 1. The summed E-state index contributed by atoms with van der Waals surface area (Å²) < 4.78 is 5.41. The molecule has 0 aliphatic rings. The van der Waals surface area contributed by atoms with E-state index in [1.807, 2.05) is 79.8 Å². The summed E-state index contributed by atoms with van der Waals surface area (Å²) in [4.78, 5) is 20.2. The molecule has 6 heteroatoms. The fourth-order valence-electron chi connectivity index (χ4n) is 3.02. The van der Waals surface area contributed by atoms with Crippen molar-refractivity contribution in [2.45, 2.75) is 18.9 Å². The molecule has 1 atom stereocenters. The molecule has 0 radical (unpaired) electrons. The molecule has 0 aliphatic carbocycles. The number of para-hydroxylation sites is 1. The van der Waals surface area contributed by atoms with Crippen molar-refractivity contribution >= 4 is 22.4 Å². The zero-order chi connectivity index (χ0) is 19.9. The number of hydrogen-bond donors (Lipinski definition) is 1. The highest BCUT2D eigenvalue weighted by Gasteiger charge is 2.22. The van der Waals surface area contributed by atoms with Gasteiger partial charge in [0.2, 0.25) is 5.91 Å². The predicted octanol–water partition coefficient (Wildman–Crippen LogP) is 3.85. The second kappa shape index (κ2) is 9.48. The Balaban J connectivity index is 1.66. The lowest BCUT2D eigenvalue weighted by Crippen LogP contribution is -2.41. The van der Waals surface area contributed by atoms with E-state index in [-0.39, 0.29) is 11.9 Å². The van der Waals surface area contributed by atoms with Crippen molar-refractivity contribution in [2.75, 3.05) is 26.5 Å². The van der Waals surface area contributed by atoms with E-state index < -0.39 is 0 Å². The molecule has 146 valence electrons. The van der Waals surface area contributed by atoms with Crippen molar-refractivity contribution in [1.29, 1.82) is 0 Å². The minimum atomic E-state index is -0.260. The Hall–Kier alpha value is -2.70. The molecule has 28 heavy (non-hydrogen) atoms. The molecule has 5 nitrogen and oxygen atoms in total. The van der Waals surface area contributed by atoms with Gasteiger partial charge < -0.3 is 10.1 Å². The lowest BCUT2D eigenvalue weighted by molar-refractivity contribution is -0.120. The molecule has 3 aromatic rings. The third kappa shape index (κ3) is 5.18. The van der Waals surface area contributed by atoms with E-state index in [2.05, 4.69) is 10.3 Å². The molecule has 1 amide bonds. The van der Waals surface area contributed by atoms with Crippen LogP contribution in [0.25, 0.3) is 0 Å². The van der Waals surface area contributed by atoms with Gasteiger partial charge in [-0.2, -0.15) is 0 Å². The molecule has 2 aromatic carbocycles. The van der Waals surface area contributed by atoms with Crippen molar-refractivity contribution in [3.63, 3.8) is 0 Å². The molecule has 3 rings (SSSR count). The Bertz CT molecular complexity index is 909. The van der Waals surface area contributed by atoms with Crippen LogP contribution in [-0.2, 0) is 17.6 Å². The van der Waals surface area contributed by atoms with Gasteiger partial charge in [-0.05, 0) is 37.7 Å². The van der Waals surface area contributed by atoms with Crippen LogP contribution in [0.5, 0.6) is 5.75 Å². The number of rotatable bonds is 8. The number of amides is 1. The second-order valence-corrected chi connectivity index (χ2v) is 7.89. The van der Waals surface area contributed by atoms with Crippen LogP contribution >= 0.6 is 11.3 Å². The first-order valence-corrected chi connectivity index (χ1v) is 9.96. The molecule has 0 bridgehead atoms. The highest BCUT2D eigenvalue weighted by Crippen LogP contribution is 2.26. The van der Waals surface area contributed by atoms with Gasteiger partial charge in [0.1, 0.15) is 5.75 Å². The third-order valence-electron chi connectivity index (χ3n) is 4.54. The average molecular weight is 396 g/mol. The Kier molecular flexibility index (Phi) is 6.79. The third-order valence-corrected chi connectivity index (χ3v) is 5.45. The summed E-state index contributed by atoms with van der Waals surface area (Å²) in [5.74, 6) is 0.809. The van der Waals surface area contributed by atoms with E-state index in [0.717, 1.165) is 28.2 Å². The van der Waals surface area contributed by atoms with Crippen LogP contribution in [0.3, 0.4) is 0 Å². The smallest absolute Gasteiger partial charge is 0.243 e. The Morgan fingerprint density at radius 1 is 1.14 bits per heavy atom. The number of benzene rings is 2. The zero-order valence-corrected chi connectivity index (χ0v) is 17.2. The highest BCUT2D eigenvalue weighted by molar-refractivity contribution is 7.15. The minimum absolute atomic E-state index is 0.0490. The normalized spacial score (nSPS) is 12.0. The highest BCUT2D eigenvalue weighted by atomic mass is 32.1. The Morgan fingerprint density at radius 3 is 2.57 bits per heavy atom. The maximum Gasteiger partial charge on any atom is 0.243 e. The van der Waals surface area contributed by atoms with Crippen LogP contribution < -0.4 is 10.1 Å². The summed E-state index contributed by atoms with van der Waals surface area (Å²) in [6.07, 6.45) is 3.19. The van der Waals surface area contributed by atoms with Gasteiger partial charge in [-0.15, -0.1) is 11.3 Å². The number of nitrogens with one attached hydrogen (secondary N) is 1. The van der Waals surface area contributed by atoms with Gasteiger partial charge >= 0.3 is 0 Å². The summed E-state index contributed by atoms with van der Waals surface area (Å²) in [7, 11) is 5.51. The lowest BCUT2D eigenvalue weighted by Gasteiger charge is -2.23. The second-order valence-electron chi connectivity index (χ2n) is 6.78. The molecule has 0 saturated heterocycles. The topological polar surface area (TPSA) is 54.5 Å².